The SMILES string of the molecule is C1=NCCc2ncnn21. The fraction of sp³-hybridized carbons (Fsp3) is 0.400. The van der Waals surface area contributed by atoms with Crippen LogP contribution in [0.25, 0.3) is 0 Å². The molecule has 0 aliphatic carbocycles. The van der Waals surface area contributed by atoms with Gasteiger partial charge in [0.2, 0.25) is 0 Å². The third-order valence-corrected chi connectivity index (χ3v) is 1.30. The highest BCUT2D eigenvalue weighted by Gasteiger charge is 2.03. The van der Waals surface area contributed by atoms with Crippen molar-refractivity contribution in [2.75, 3.05) is 6.54 Å². The molecule has 9 heavy (non-hydrogen) atoms. The van der Waals surface area contributed by atoms with Crippen molar-refractivity contribution in [1.29, 1.82) is 0 Å². The second-order valence-corrected chi connectivity index (χ2v) is 1.89. The van der Waals surface area contributed by atoms with Gasteiger partial charge in [0, 0.05) is 13.0 Å². The number of hydrogen-bond donors (Lipinski definition) is 0. The van der Waals surface area contributed by atoms with Crippen molar-refractivity contribution in [1.82, 2.24) is 14.8 Å². The summed E-state index contributed by atoms with van der Waals surface area (Å²) in [6.07, 6.45) is 4.16. The Bertz CT molecular complexity index is 237. The smallest absolute Gasteiger partial charge is 0.138 e. The van der Waals surface area contributed by atoms with Crippen LogP contribution in [0.15, 0.2) is 11.3 Å². The van der Waals surface area contributed by atoms with Crippen LogP contribution < -0.4 is 0 Å². The predicted octanol–water partition coefficient (Wildman–Crippen LogP) is -0.289. The summed E-state index contributed by atoms with van der Waals surface area (Å²) in [7, 11) is 0. The van der Waals surface area contributed by atoms with Crippen LogP contribution in [0.2, 0.25) is 0 Å². The molecule has 0 radical (unpaired) electrons. The molecule has 0 N–H and O–H groups in total. The Morgan fingerprint density at radius 2 is 2.56 bits per heavy atom. The van der Waals surface area contributed by atoms with Gasteiger partial charge in [-0.25, -0.2) is 9.67 Å². The van der Waals surface area contributed by atoms with Gasteiger partial charge in [-0.15, -0.1) is 0 Å². The zero-order valence-electron chi connectivity index (χ0n) is 4.86. The standard InChI is InChI=1S/C5H6N4/c1-2-6-4-9-5(1)7-3-8-9/h3-4H,1-2H2. The van der Waals surface area contributed by atoms with E-state index in [2.05, 4.69) is 15.1 Å². The molecule has 0 saturated carbocycles. The molecule has 0 amide bonds. The summed E-state index contributed by atoms with van der Waals surface area (Å²) in [5.41, 5.74) is 0. The second-order valence-electron chi connectivity index (χ2n) is 1.89. The Morgan fingerprint density at radius 1 is 1.56 bits per heavy atom. The maximum absolute atomic E-state index is 4.03. The molecule has 0 atom stereocenters. The largest absolute Gasteiger partial charge is 0.273 e. The van der Waals surface area contributed by atoms with Gasteiger partial charge in [0.05, 0.1) is 0 Å². The molecule has 0 spiro atoms. The summed E-state index contributed by atoms with van der Waals surface area (Å²) >= 11 is 0. The Hall–Kier alpha value is -1.19. The van der Waals surface area contributed by atoms with E-state index >= 15 is 0 Å². The summed E-state index contributed by atoms with van der Waals surface area (Å²) in [5.74, 6) is 1.00. The average molecular weight is 122 g/mol. The van der Waals surface area contributed by atoms with Crippen LogP contribution in [0.4, 0.5) is 0 Å². The molecule has 1 aromatic rings. The number of aromatic nitrogens is 3. The molecule has 0 fully saturated rings. The topological polar surface area (TPSA) is 43.1 Å². The highest BCUT2D eigenvalue weighted by atomic mass is 15.3. The normalized spacial score (nSPS) is 15.6. The van der Waals surface area contributed by atoms with Crippen molar-refractivity contribution in [2.24, 2.45) is 4.99 Å². The van der Waals surface area contributed by atoms with Gasteiger partial charge < -0.3 is 0 Å². The van der Waals surface area contributed by atoms with E-state index in [9.17, 15) is 0 Å². The predicted molar refractivity (Wildman–Crippen MR) is 32.5 cm³/mol. The molecule has 0 saturated heterocycles. The summed E-state index contributed by atoms with van der Waals surface area (Å²) in [6, 6.07) is 0. The Kier molecular flexibility index (Phi) is 0.855. The molecule has 1 aromatic heterocycles. The molecular formula is C5H6N4. The van der Waals surface area contributed by atoms with Crippen molar-refractivity contribution in [3.63, 3.8) is 0 Å². The number of fused-ring (bicyclic) bond motifs is 1. The highest BCUT2D eigenvalue weighted by Crippen LogP contribution is 1.96. The van der Waals surface area contributed by atoms with Crippen LogP contribution >= 0.6 is 0 Å². The van der Waals surface area contributed by atoms with Crippen LogP contribution in [0.3, 0.4) is 0 Å². The first-order valence-corrected chi connectivity index (χ1v) is 2.85. The minimum Gasteiger partial charge on any atom is -0.273 e. The summed E-state index contributed by atoms with van der Waals surface area (Å²) in [5, 5.41) is 3.91. The van der Waals surface area contributed by atoms with E-state index in [4.69, 9.17) is 0 Å². The first-order chi connectivity index (χ1) is 4.47. The molecule has 0 bridgehead atoms. The van der Waals surface area contributed by atoms with Crippen molar-refractivity contribution in [3.05, 3.63) is 12.2 Å². The molecule has 1 aliphatic heterocycles. The van der Waals surface area contributed by atoms with E-state index < -0.39 is 0 Å². The van der Waals surface area contributed by atoms with E-state index in [0.29, 0.717) is 0 Å². The molecule has 4 nitrogen and oxygen atoms in total. The molecule has 2 rings (SSSR count). The lowest BCUT2D eigenvalue weighted by Gasteiger charge is -2.01. The van der Waals surface area contributed by atoms with E-state index in [1.54, 1.807) is 17.3 Å². The molecular weight excluding hydrogens is 116 g/mol. The fourth-order valence-electron chi connectivity index (χ4n) is 0.849. The Labute approximate surface area is 52.2 Å². The van der Waals surface area contributed by atoms with Gasteiger partial charge in [0.25, 0.3) is 0 Å². The monoisotopic (exact) mass is 122 g/mol. The third-order valence-electron chi connectivity index (χ3n) is 1.30. The first-order valence-electron chi connectivity index (χ1n) is 2.85. The maximum Gasteiger partial charge on any atom is 0.138 e. The van der Waals surface area contributed by atoms with Crippen LogP contribution in [-0.4, -0.2) is 27.6 Å². The summed E-state index contributed by atoms with van der Waals surface area (Å²) in [4.78, 5) is 8.04. The lowest BCUT2D eigenvalue weighted by molar-refractivity contribution is 0.780. The van der Waals surface area contributed by atoms with Gasteiger partial charge in [-0.05, 0) is 0 Å². The van der Waals surface area contributed by atoms with Crippen LogP contribution in [0.5, 0.6) is 0 Å². The first kappa shape index (κ1) is 4.67. The highest BCUT2D eigenvalue weighted by molar-refractivity contribution is 5.58. The van der Waals surface area contributed by atoms with Gasteiger partial charge in [0.1, 0.15) is 18.5 Å². The van der Waals surface area contributed by atoms with Gasteiger partial charge in [0.15, 0.2) is 0 Å². The van der Waals surface area contributed by atoms with E-state index in [-0.39, 0.29) is 0 Å². The molecule has 0 aromatic carbocycles. The van der Waals surface area contributed by atoms with Crippen LogP contribution in [-0.2, 0) is 6.42 Å². The third kappa shape index (κ3) is 0.630. The number of nitrogens with zero attached hydrogens (tertiary/aromatic N) is 4. The van der Waals surface area contributed by atoms with Crippen LogP contribution in [0, 0.1) is 0 Å². The number of aliphatic imine (C=N–C) groups is 1. The zero-order chi connectivity index (χ0) is 6.10. The second kappa shape index (κ2) is 1.65. The summed E-state index contributed by atoms with van der Waals surface area (Å²) < 4.78 is 1.70. The van der Waals surface area contributed by atoms with Gasteiger partial charge in [-0.3, -0.25) is 4.99 Å². The van der Waals surface area contributed by atoms with E-state index in [1.165, 1.54) is 0 Å². The lowest BCUT2D eigenvalue weighted by atomic mass is 10.4. The van der Waals surface area contributed by atoms with Gasteiger partial charge in [-0.2, -0.15) is 5.10 Å². The van der Waals surface area contributed by atoms with Crippen molar-refractivity contribution in [2.45, 2.75) is 6.42 Å². The Balaban J connectivity index is 2.53. The molecule has 46 valence electrons. The summed E-state index contributed by atoms with van der Waals surface area (Å²) in [6.45, 7) is 0.846. The van der Waals surface area contributed by atoms with Crippen molar-refractivity contribution >= 4 is 6.34 Å². The minimum atomic E-state index is 0.846. The minimum absolute atomic E-state index is 0.846. The van der Waals surface area contributed by atoms with Crippen molar-refractivity contribution < 1.29 is 0 Å². The average Bonchev–Trinajstić information content (AvgIpc) is 2.33. The quantitative estimate of drug-likeness (QED) is 0.474. The molecule has 4 heteroatoms. The van der Waals surface area contributed by atoms with Gasteiger partial charge >= 0.3 is 0 Å². The zero-order valence-corrected chi connectivity index (χ0v) is 4.86. The molecule has 0 unspecified atom stereocenters. The maximum atomic E-state index is 4.03. The fourth-order valence-corrected chi connectivity index (χ4v) is 0.849. The number of hydrogen-bond acceptors (Lipinski definition) is 3. The molecule has 1 aliphatic rings. The van der Waals surface area contributed by atoms with Crippen molar-refractivity contribution in [3.8, 4) is 0 Å². The lowest BCUT2D eigenvalue weighted by Crippen LogP contribution is -2.11. The van der Waals surface area contributed by atoms with E-state index in [1.807, 2.05) is 0 Å². The Morgan fingerprint density at radius 3 is 3.44 bits per heavy atom. The number of rotatable bonds is 0. The van der Waals surface area contributed by atoms with Gasteiger partial charge in [-0.1, -0.05) is 0 Å². The van der Waals surface area contributed by atoms with Crippen LogP contribution in [0.1, 0.15) is 5.82 Å². The molecule has 2 heterocycles. The van der Waals surface area contributed by atoms with E-state index in [0.717, 1.165) is 18.8 Å².